The van der Waals surface area contributed by atoms with Crippen LogP contribution in [0.1, 0.15) is 132 Å². The number of ether oxygens (including phenoxy) is 3. The van der Waals surface area contributed by atoms with Crippen LogP contribution in [0.4, 0.5) is 16.2 Å². The Balaban J connectivity index is 1.34. The number of anilines is 1. The van der Waals surface area contributed by atoms with Crippen molar-refractivity contribution in [1.82, 2.24) is 37.2 Å². The molecule has 25 nitrogen and oxygen atoms in total. The average molecular weight is 1280 g/mol. The van der Waals surface area contributed by atoms with Crippen LogP contribution in [0.3, 0.4) is 0 Å². The summed E-state index contributed by atoms with van der Waals surface area (Å²) in [6.45, 7) is 21.3. The highest BCUT2D eigenvalue weighted by Crippen LogP contribution is 2.45. The number of primary amides is 1. The Hall–Kier alpha value is -7.71. The molecule has 87 heavy (non-hydrogen) atoms. The fourth-order valence-corrected chi connectivity index (χ4v) is 10.2. The predicted molar refractivity (Wildman–Crippen MR) is 326 cm³/mol. The van der Waals surface area contributed by atoms with Crippen molar-refractivity contribution in [2.45, 2.75) is 175 Å². The molecule has 0 aromatic heterocycles. The number of rotatable bonds is 29. The van der Waals surface area contributed by atoms with E-state index in [2.05, 4.69) is 53.1 Å². The molecule has 7 atom stereocenters. The maximum atomic E-state index is 14.6. The van der Waals surface area contributed by atoms with Crippen LogP contribution in [-0.4, -0.2) is 138 Å². The maximum Gasteiger partial charge on any atom is 0.407 e. The van der Waals surface area contributed by atoms with Crippen molar-refractivity contribution < 1.29 is 67.1 Å². The number of amides is 8. The minimum Gasteiger partial charge on any atom is -0.449 e. The van der Waals surface area contributed by atoms with E-state index in [0.29, 0.717) is 10.0 Å². The molecular formula is C61H85BrN10O15. The van der Waals surface area contributed by atoms with Crippen molar-refractivity contribution in [3.63, 3.8) is 0 Å². The van der Waals surface area contributed by atoms with Crippen LogP contribution in [0, 0.1) is 27.9 Å². The third-order valence-corrected chi connectivity index (χ3v) is 14.5. The Morgan fingerprint density at radius 2 is 1.11 bits per heavy atom. The summed E-state index contributed by atoms with van der Waals surface area (Å²) in [6.07, 6.45) is -1.37. The summed E-state index contributed by atoms with van der Waals surface area (Å²) in [5, 5.41) is 31.4. The molecule has 8 amide bonds. The van der Waals surface area contributed by atoms with E-state index in [1.165, 1.54) is 13.0 Å². The van der Waals surface area contributed by atoms with E-state index in [1.54, 1.807) is 75.3 Å². The number of fused-ring (bicyclic) bond motifs is 4. The minimum absolute atomic E-state index is 0.00158. The number of nitro benzene ring substituents is 1. The lowest BCUT2D eigenvalue weighted by molar-refractivity contribution is -0.384. The topological polar surface area (TPSA) is 347 Å². The number of hydrogen-bond acceptors (Lipinski definition) is 16. The lowest BCUT2D eigenvalue weighted by atomic mass is 9.98. The van der Waals surface area contributed by atoms with Crippen molar-refractivity contribution in [1.29, 1.82) is 0 Å². The van der Waals surface area contributed by atoms with Gasteiger partial charge < -0.3 is 62.0 Å². The molecule has 0 saturated heterocycles. The molecule has 476 valence electrons. The first-order valence-corrected chi connectivity index (χ1v) is 29.9. The Labute approximate surface area is 516 Å². The van der Waals surface area contributed by atoms with Gasteiger partial charge >= 0.3 is 12.1 Å². The molecule has 1 heterocycles. The zero-order valence-electron chi connectivity index (χ0n) is 51.8. The minimum atomic E-state index is -1.88. The number of alkyl carbamates (subject to hydrolysis) is 1. The molecule has 3 aromatic rings. The molecule has 0 unspecified atom stereocenters. The van der Waals surface area contributed by atoms with Gasteiger partial charge in [-0.15, -0.1) is 0 Å². The normalized spacial score (nSPS) is 15.3. The summed E-state index contributed by atoms with van der Waals surface area (Å²) < 4.78 is 17.7. The average Bonchev–Trinajstić information content (AvgIpc) is 1.88. The van der Waals surface area contributed by atoms with Crippen LogP contribution in [-0.2, 0) is 63.8 Å². The molecule has 9 N–H and O–H groups in total. The fraction of sp³-hybridized carbons (Fsp3) is 0.557. The molecule has 0 saturated carbocycles. The fourth-order valence-electron chi connectivity index (χ4n) is 9.72. The van der Waals surface area contributed by atoms with Gasteiger partial charge in [-0.1, -0.05) is 106 Å². The number of hydrogen-bond donors (Lipinski definition) is 8. The molecule has 26 heteroatoms. The molecule has 5 rings (SSSR count). The highest BCUT2D eigenvalue weighted by atomic mass is 79.9. The van der Waals surface area contributed by atoms with Crippen LogP contribution >= 0.6 is 15.9 Å². The van der Waals surface area contributed by atoms with E-state index in [1.807, 2.05) is 62.4 Å². The predicted octanol–water partition coefficient (Wildman–Crippen LogP) is 5.27. The van der Waals surface area contributed by atoms with Crippen LogP contribution in [0.25, 0.3) is 11.1 Å². The number of benzene rings is 3. The molecule has 0 radical (unpaired) electrons. The van der Waals surface area contributed by atoms with Gasteiger partial charge in [0.25, 0.3) is 5.69 Å². The van der Waals surface area contributed by atoms with Crippen molar-refractivity contribution in [3.8, 4) is 11.1 Å². The SMILES string of the molecule is CC(C)C[C@H](NC(=O)[C@H](C)NC(=O)OCC1c2ccccc2-c2ccccc21)C(=O)N[C@@H](CC(C)C)C(=O)N[C@H](C(=O)N[C@@H](CC(=O)ON1CCc2cc(Br)cc([N+](=O)[O-])c21)C(=O)N[C@@H](COC(C)(C)C)C(=O)N[C@@H](COC(C)(C)C)C(N)=O)C(C)C. The molecule has 1 aliphatic heterocycles. The zero-order valence-corrected chi connectivity index (χ0v) is 53.3. The maximum absolute atomic E-state index is 14.6. The zero-order chi connectivity index (χ0) is 64.8. The van der Waals surface area contributed by atoms with Crippen LogP contribution in [0.2, 0.25) is 0 Å². The number of hydroxylamine groups is 1. The van der Waals surface area contributed by atoms with Gasteiger partial charge in [-0.2, -0.15) is 5.06 Å². The summed E-state index contributed by atoms with van der Waals surface area (Å²) in [4.78, 5) is 142. The molecule has 0 spiro atoms. The second-order valence-electron chi connectivity index (χ2n) is 24.9. The summed E-state index contributed by atoms with van der Waals surface area (Å²) in [6, 6.07) is 8.60. The summed E-state index contributed by atoms with van der Waals surface area (Å²) in [7, 11) is 0. The van der Waals surface area contributed by atoms with E-state index < -0.39 is 131 Å². The number of nitrogens with zero attached hydrogens (tertiary/aromatic N) is 2. The highest BCUT2D eigenvalue weighted by Gasteiger charge is 2.39. The number of carbonyl (C=O) groups excluding carboxylic acids is 9. The largest absolute Gasteiger partial charge is 0.449 e. The lowest BCUT2D eigenvalue weighted by Gasteiger charge is -2.30. The second-order valence-corrected chi connectivity index (χ2v) is 25.9. The van der Waals surface area contributed by atoms with Gasteiger partial charge in [0, 0.05) is 16.5 Å². The third-order valence-electron chi connectivity index (χ3n) is 14.0. The molecule has 0 bridgehead atoms. The van der Waals surface area contributed by atoms with Crippen LogP contribution in [0.15, 0.2) is 65.1 Å². The lowest BCUT2D eigenvalue weighted by Crippen LogP contribution is -2.62. The number of carbonyl (C=O) groups is 9. The van der Waals surface area contributed by atoms with Gasteiger partial charge in [0.1, 0.15) is 48.9 Å². The molecular weight excluding hydrogens is 1190 g/mol. The van der Waals surface area contributed by atoms with E-state index in [0.717, 1.165) is 27.3 Å². The van der Waals surface area contributed by atoms with Gasteiger partial charge in [0.2, 0.25) is 41.4 Å². The third kappa shape index (κ3) is 20.7. The van der Waals surface area contributed by atoms with Crippen molar-refractivity contribution in [2.75, 3.05) is 31.4 Å². The highest BCUT2D eigenvalue weighted by molar-refractivity contribution is 9.10. The van der Waals surface area contributed by atoms with Crippen molar-refractivity contribution >= 4 is 80.7 Å². The van der Waals surface area contributed by atoms with Gasteiger partial charge in [-0.05, 0) is 119 Å². The van der Waals surface area contributed by atoms with Gasteiger partial charge in [-0.25, -0.2) is 9.59 Å². The van der Waals surface area contributed by atoms with Crippen molar-refractivity contribution in [2.24, 2.45) is 23.5 Å². The van der Waals surface area contributed by atoms with Gasteiger partial charge in [-0.3, -0.25) is 43.7 Å². The Kier molecular flexibility index (Phi) is 24.8. The molecule has 0 fully saturated rings. The van der Waals surface area contributed by atoms with E-state index in [9.17, 15) is 53.3 Å². The first-order chi connectivity index (χ1) is 40.6. The number of nitrogens with one attached hydrogen (secondary N) is 7. The Bertz CT molecular complexity index is 2970. The monoisotopic (exact) mass is 1280 g/mol. The van der Waals surface area contributed by atoms with Crippen LogP contribution in [0.5, 0.6) is 0 Å². The summed E-state index contributed by atoms with van der Waals surface area (Å²) >= 11 is 3.27. The van der Waals surface area contributed by atoms with E-state index in [-0.39, 0.29) is 68.1 Å². The van der Waals surface area contributed by atoms with Crippen molar-refractivity contribution in [3.05, 3.63) is 91.9 Å². The number of nitrogens with two attached hydrogens (primary N) is 1. The first kappa shape index (κ1) is 70.1. The number of nitro groups is 1. The quantitative estimate of drug-likeness (QED) is 0.0324. The Morgan fingerprint density at radius 3 is 1.63 bits per heavy atom. The van der Waals surface area contributed by atoms with Gasteiger partial charge in [0.05, 0.1) is 42.3 Å². The standard InChI is InChI=1S/C61H85BrN10O15/c1-32(2)24-43(65-53(75)35(7)64-59(81)84-29-42-40-20-16-14-18-38(40)39-19-15-17-21-41(39)42)54(76)66-44(25-33(3)4)56(78)70-50(34(5)6)58(80)67-45(28-49(73)87-71-23-22-36-26-37(62)27-48(51(36)71)72(82)83)55(77)69-47(31-86-61(11,12)13)57(79)68-46(52(63)74)30-85-60(8,9)10/h14-21,26-27,32-35,42-47,50H,22-25,28-31H2,1-13H3,(H2,63,74)(H,64,81)(H,65,75)(H,66,76)(H,67,80)(H,68,79)(H,69,77)(H,70,78)/t35-,43-,44-,45-,46-,47-,50-/m0/s1. The summed E-state index contributed by atoms with van der Waals surface area (Å²) in [5.74, 6) is -8.73. The van der Waals surface area contributed by atoms with E-state index in [4.69, 9.17) is 24.8 Å². The smallest absolute Gasteiger partial charge is 0.407 e. The van der Waals surface area contributed by atoms with E-state index >= 15 is 0 Å². The Morgan fingerprint density at radius 1 is 0.644 bits per heavy atom. The van der Waals surface area contributed by atoms with Crippen LogP contribution < -0.4 is 48.0 Å². The second kappa shape index (κ2) is 30.8. The summed E-state index contributed by atoms with van der Waals surface area (Å²) in [5.41, 5.74) is 8.22. The molecule has 3 aromatic carbocycles. The number of halogens is 1. The van der Waals surface area contributed by atoms with Gasteiger partial charge in [0.15, 0.2) is 5.69 Å². The molecule has 1 aliphatic carbocycles. The first-order valence-electron chi connectivity index (χ1n) is 29.1. The molecule has 2 aliphatic rings.